The second-order valence-corrected chi connectivity index (χ2v) is 7.73. The van der Waals surface area contributed by atoms with Crippen LogP contribution in [0.1, 0.15) is 56.8 Å². The number of carbonyl (C=O) groups is 2. The molecule has 2 unspecified atom stereocenters. The van der Waals surface area contributed by atoms with Gasteiger partial charge in [-0.1, -0.05) is 31.5 Å². The van der Waals surface area contributed by atoms with Crippen molar-refractivity contribution in [1.29, 1.82) is 0 Å². The fourth-order valence-corrected chi connectivity index (χ4v) is 3.91. The summed E-state index contributed by atoms with van der Waals surface area (Å²) in [6, 6.07) is 5.66. The van der Waals surface area contributed by atoms with Gasteiger partial charge in [-0.15, -0.1) is 0 Å². The molecule has 1 aliphatic heterocycles. The van der Waals surface area contributed by atoms with Crippen molar-refractivity contribution in [3.63, 3.8) is 0 Å². The van der Waals surface area contributed by atoms with Crippen molar-refractivity contribution < 1.29 is 19.4 Å². The number of amides is 2. The summed E-state index contributed by atoms with van der Waals surface area (Å²) in [7, 11) is 0. The standard InChI is InChI=1S/C20H25NO4/c1-5-7-12-8-6-9-13-14(12)10-15-16(11-22)18(23)21(17(13)15)19(24)25-20(2,3)4/h6,8-9,11,15,17,22H,5,7,10H2,1-4H3/b16-11-. The number of fused-ring (bicyclic) bond motifs is 3. The number of aliphatic hydroxyl groups excluding tert-OH is 1. The third kappa shape index (κ3) is 2.92. The van der Waals surface area contributed by atoms with E-state index in [2.05, 4.69) is 13.0 Å². The fourth-order valence-electron chi connectivity index (χ4n) is 3.91. The number of likely N-dealkylation sites (tertiary alicyclic amines) is 1. The first-order chi connectivity index (χ1) is 11.8. The first kappa shape index (κ1) is 17.5. The molecule has 3 rings (SSSR count). The van der Waals surface area contributed by atoms with Crippen molar-refractivity contribution in [3.05, 3.63) is 46.7 Å². The van der Waals surface area contributed by atoms with Crippen LogP contribution >= 0.6 is 0 Å². The number of ether oxygens (including phenoxy) is 1. The first-order valence-corrected chi connectivity index (χ1v) is 8.80. The maximum absolute atomic E-state index is 12.7. The van der Waals surface area contributed by atoms with Gasteiger partial charge >= 0.3 is 6.09 Å². The van der Waals surface area contributed by atoms with Crippen molar-refractivity contribution in [2.75, 3.05) is 0 Å². The van der Waals surface area contributed by atoms with E-state index in [1.807, 2.05) is 12.1 Å². The summed E-state index contributed by atoms with van der Waals surface area (Å²) in [5, 5.41) is 9.61. The Labute approximate surface area is 148 Å². The molecule has 25 heavy (non-hydrogen) atoms. The fraction of sp³-hybridized carbons (Fsp3) is 0.500. The van der Waals surface area contributed by atoms with Gasteiger partial charge in [0.1, 0.15) is 5.60 Å². The highest BCUT2D eigenvalue weighted by atomic mass is 16.6. The van der Waals surface area contributed by atoms with Crippen molar-refractivity contribution in [2.24, 2.45) is 5.92 Å². The quantitative estimate of drug-likeness (QED) is 0.649. The zero-order chi connectivity index (χ0) is 18.4. The maximum Gasteiger partial charge on any atom is 0.417 e. The predicted molar refractivity (Wildman–Crippen MR) is 94.2 cm³/mol. The number of nitrogens with zero attached hydrogens (tertiary/aromatic N) is 1. The SMILES string of the molecule is CCCc1cccc2c1CC1/C(=C/O)C(=O)N(C(=O)OC(C)(C)C)C21. The Morgan fingerprint density at radius 1 is 1.40 bits per heavy atom. The number of hydrogen-bond donors (Lipinski definition) is 1. The highest BCUT2D eigenvalue weighted by Gasteiger charge is 2.53. The van der Waals surface area contributed by atoms with Crippen molar-refractivity contribution in [2.45, 2.75) is 58.6 Å². The van der Waals surface area contributed by atoms with Gasteiger partial charge in [0.15, 0.2) is 0 Å². The summed E-state index contributed by atoms with van der Waals surface area (Å²) in [6.45, 7) is 7.44. The molecule has 1 saturated heterocycles. The average Bonchev–Trinajstić information content (AvgIpc) is 3.00. The molecule has 1 aromatic rings. The van der Waals surface area contributed by atoms with Gasteiger partial charge in [0.2, 0.25) is 0 Å². The minimum absolute atomic E-state index is 0.210. The molecule has 5 nitrogen and oxygen atoms in total. The van der Waals surface area contributed by atoms with Crippen LogP contribution in [0.15, 0.2) is 30.0 Å². The highest BCUT2D eigenvalue weighted by molar-refractivity contribution is 6.06. The normalized spacial score (nSPS) is 23.8. The van der Waals surface area contributed by atoms with E-state index in [0.29, 0.717) is 6.42 Å². The van der Waals surface area contributed by atoms with E-state index >= 15 is 0 Å². The lowest BCUT2D eigenvalue weighted by Gasteiger charge is -2.27. The van der Waals surface area contributed by atoms with Crippen LogP contribution in [0.2, 0.25) is 0 Å². The van der Waals surface area contributed by atoms with Crippen LogP contribution in [0.4, 0.5) is 4.79 Å². The maximum atomic E-state index is 12.7. The molecule has 0 spiro atoms. The second kappa shape index (κ2) is 6.21. The Kier molecular flexibility index (Phi) is 4.35. The molecular weight excluding hydrogens is 318 g/mol. The molecule has 2 atom stereocenters. The zero-order valence-electron chi connectivity index (χ0n) is 15.2. The number of imide groups is 1. The number of benzene rings is 1. The average molecular weight is 343 g/mol. The summed E-state index contributed by atoms with van der Waals surface area (Å²) in [6.07, 6.45) is 2.85. The molecule has 1 aliphatic carbocycles. The van der Waals surface area contributed by atoms with Gasteiger partial charge in [-0.25, -0.2) is 9.69 Å². The van der Waals surface area contributed by atoms with Crippen LogP contribution in [-0.4, -0.2) is 27.6 Å². The van der Waals surface area contributed by atoms with Gasteiger partial charge in [-0.3, -0.25) is 4.79 Å². The molecule has 2 aliphatic rings. The van der Waals surface area contributed by atoms with E-state index in [-0.39, 0.29) is 11.5 Å². The minimum atomic E-state index is -0.690. The predicted octanol–water partition coefficient (Wildman–Crippen LogP) is 4.07. The number of hydrogen-bond acceptors (Lipinski definition) is 4. The monoisotopic (exact) mass is 343 g/mol. The van der Waals surface area contributed by atoms with Gasteiger partial charge in [0.05, 0.1) is 17.9 Å². The van der Waals surface area contributed by atoms with E-state index in [4.69, 9.17) is 4.74 Å². The topological polar surface area (TPSA) is 66.8 Å². The molecule has 1 heterocycles. The third-order valence-corrected chi connectivity index (χ3v) is 4.83. The zero-order valence-corrected chi connectivity index (χ0v) is 15.2. The van der Waals surface area contributed by atoms with Crippen molar-refractivity contribution in [3.8, 4) is 0 Å². The first-order valence-electron chi connectivity index (χ1n) is 8.80. The Morgan fingerprint density at radius 2 is 2.12 bits per heavy atom. The summed E-state index contributed by atoms with van der Waals surface area (Å²) in [5.41, 5.74) is 3.04. The van der Waals surface area contributed by atoms with Crippen LogP contribution in [0.3, 0.4) is 0 Å². The van der Waals surface area contributed by atoms with Gasteiger partial charge in [-0.2, -0.15) is 0 Å². The van der Waals surface area contributed by atoms with Crippen molar-refractivity contribution in [1.82, 2.24) is 4.90 Å². The Morgan fingerprint density at radius 3 is 2.72 bits per heavy atom. The second-order valence-electron chi connectivity index (χ2n) is 7.73. The summed E-state index contributed by atoms with van der Waals surface area (Å²) < 4.78 is 5.44. The van der Waals surface area contributed by atoms with Crippen LogP contribution in [0.25, 0.3) is 0 Å². The Bertz CT molecular complexity index is 745. The lowest BCUT2D eigenvalue weighted by atomic mass is 9.96. The molecule has 0 aromatic heterocycles. The van der Waals surface area contributed by atoms with Gasteiger partial charge in [0, 0.05) is 5.92 Å². The lowest BCUT2D eigenvalue weighted by molar-refractivity contribution is -0.125. The smallest absolute Gasteiger partial charge is 0.417 e. The molecule has 1 fully saturated rings. The summed E-state index contributed by atoms with van der Waals surface area (Å²) in [4.78, 5) is 26.5. The number of aryl methyl sites for hydroxylation is 1. The molecule has 0 saturated carbocycles. The molecule has 134 valence electrons. The van der Waals surface area contributed by atoms with Crippen LogP contribution in [0, 0.1) is 5.92 Å². The Balaban J connectivity index is 2.04. The van der Waals surface area contributed by atoms with E-state index in [1.165, 1.54) is 16.0 Å². The molecule has 2 amide bonds. The molecule has 1 aromatic carbocycles. The van der Waals surface area contributed by atoms with Gasteiger partial charge in [0.25, 0.3) is 5.91 Å². The minimum Gasteiger partial charge on any atom is -0.515 e. The number of rotatable bonds is 2. The summed E-state index contributed by atoms with van der Waals surface area (Å²) >= 11 is 0. The summed E-state index contributed by atoms with van der Waals surface area (Å²) in [5.74, 6) is -0.670. The highest BCUT2D eigenvalue weighted by Crippen LogP contribution is 2.50. The van der Waals surface area contributed by atoms with Crippen LogP contribution < -0.4 is 0 Å². The van der Waals surface area contributed by atoms with Gasteiger partial charge < -0.3 is 9.84 Å². The molecule has 5 heteroatoms. The van der Waals surface area contributed by atoms with E-state index in [9.17, 15) is 14.7 Å². The van der Waals surface area contributed by atoms with Crippen molar-refractivity contribution >= 4 is 12.0 Å². The lowest BCUT2D eigenvalue weighted by Crippen LogP contribution is -2.39. The molecular formula is C20H25NO4. The number of aliphatic hydroxyl groups is 1. The van der Waals surface area contributed by atoms with Gasteiger partial charge in [-0.05, 0) is 50.3 Å². The van der Waals surface area contributed by atoms with E-state index in [0.717, 1.165) is 24.7 Å². The van der Waals surface area contributed by atoms with Crippen LogP contribution in [0.5, 0.6) is 0 Å². The Hall–Kier alpha value is -2.30. The third-order valence-electron chi connectivity index (χ3n) is 4.83. The van der Waals surface area contributed by atoms with E-state index < -0.39 is 23.6 Å². The largest absolute Gasteiger partial charge is 0.515 e. The van der Waals surface area contributed by atoms with Crippen LogP contribution in [-0.2, 0) is 22.4 Å². The number of carbonyl (C=O) groups excluding carboxylic acids is 2. The molecule has 0 radical (unpaired) electrons. The van der Waals surface area contributed by atoms with E-state index in [1.54, 1.807) is 20.8 Å². The molecule has 0 bridgehead atoms. The molecule has 1 N–H and O–H groups in total.